The van der Waals surface area contributed by atoms with E-state index in [0.29, 0.717) is 6.42 Å². The van der Waals surface area contributed by atoms with Gasteiger partial charge in [0, 0.05) is 23.7 Å². The number of hydrogen-bond donors (Lipinski definition) is 1. The highest BCUT2D eigenvalue weighted by Gasteiger charge is 2.12. The molecule has 0 spiro atoms. The molecule has 0 aliphatic carbocycles. The number of thiophene rings is 1. The molecule has 1 N–H and O–H groups in total. The summed E-state index contributed by atoms with van der Waals surface area (Å²) < 4.78 is 1.89. The van der Waals surface area contributed by atoms with Gasteiger partial charge in [-0.15, -0.1) is 11.3 Å². The summed E-state index contributed by atoms with van der Waals surface area (Å²) in [6, 6.07) is 12.4. The van der Waals surface area contributed by atoms with Crippen LogP contribution in [0.5, 0.6) is 0 Å². The highest BCUT2D eigenvalue weighted by molar-refractivity contribution is 7.09. The zero-order chi connectivity index (χ0) is 14.7. The van der Waals surface area contributed by atoms with Crippen LogP contribution in [-0.4, -0.2) is 21.0 Å². The minimum Gasteiger partial charge on any atom is -0.393 e. The Kier molecular flexibility index (Phi) is 4.36. The maximum Gasteiger partial charge on any atom is 0.0728 e. The van der Waals surface area contributed by atoms with Crippen LogP contribution in [-0.2, 0) is 19.9 Å². The number of fused-ring (bicyclic) bond motifs is 1. The standard InChI is InChI=1S/C17H20N2OS/c1-19-17-10-3-2-9-15(17)16(18-19)12-13(20)6-4-7-14-8-5-11-21-14/h2-3,5,8-11,13,20H,4,6-7,12H2,1H3. The molecule has 2 heterocycles. The van der Waals surface area contributed by atoms with Crippen LogP contribution in [0.2, 0.25) is 0 Å². The van der Waals surface area contributed by atoms with Gasteiger partial charge in [-0.2, -0.15) is 5.10 Å². The van der Waals surface area contributed by atoms with Crippen molar-refractivity contribution in [2.24, 2.45) is 7.05 Å². The molecule has 2 aromatic heterocycles. The minimum atomic E-state index is -0.316. The highest BCUT2D eigenvalue weighted by atomic mass is 32.1. The lowest BCUT2D eigenvalue weighted by Crippen LogP contribution is -2.11. The topological polar surface area (TPSA) is 38.0 Å². The van der Waals surface area contributed by atoms with Crippen molar-refractivity contribution in [2.75, 3.05) is 0 Å². The zero-order valence-corrected chi connectivity index (χ0v) is 13.0. The molecule has 0 radical (unpaired) electrons. The lowest BCUT2D eigenvalue weighted by atomic mass is 10.0. The third-order valence-electron chi connectivity index (χ3n) is 3.80. The van der Waals surface area contributed by atoms with E-state index in [4.69, 9.17) is 0 Å². The number of aliphatic hydroxyl groups is 1. The van der Waals surface area contributed by atoms with E-state index in [1.165, 1.54) is 4.88 Å². The highest BCUT2D eigenvalue weighted by Crippen LogP contribution is 2.20. The summed E-state index contributed by atoms with van der Waals surface area (Å²) >= 11 is 1.79. The summed E-state index contributed by atoms with van der Waals surface area (Å²) in [6.45, 7) is 0. The molecule has 3 aromatic rings. The van der Waals surface area contributed by atoms with Crippen LogP contribution >= 0.6 is 11.3 Å². The molecule has 0 bridgehead atoms. The van der Waals surface area contributed by atoms with Crippen molar-refractivity contribution in [2.45, 2.75) is 31.8 Å². The SMILES string of the molecule is Cn1nc(CC(O)CCCc2cccs2)c2ccccc21. The van der Waals surface area contributed by atoms with E-state index in [1.54, 1.807) is 11.3 Å². The van der Waals surface area contributed by atoms with Gasteiger partial charge in [-0.1, -0.05) is 24.3 Å². The molecule has 0 aliphatic rings. The van der Waals surface area contributed by atoms with E-state index >= 15 is 0 Å². The van der Waals surface area contributed by atoms with Gasteiger partial charge in [0.05, 0.1) is 17.3 Å². The van der Waals surface area contributed by atoms with Crippen LogP contribution in [0.25, 0.3) is 10.9 Å². The van der Waals surface area contributed by atoms with Gasteiger partial charge < -0.3 is 5.11 Å². The lowest BCUT2D eigenvalue weighted by Gasteiger charge is -2.08. The maximum atomic E-state index is 10.3. The van der Waals surface area contributed by atoms with Crippen molar-refractivity contribution < 1.29 is 5.11 Å². The Balaban J connectivity index is 1.59. The molecule has 4 heteroatoms. The van der Waals surface area contributed by atoms with E-state index in [1.807, 2.05) is 23.9 Å². The molecular formula is C17H20N2OS. The first-order valence-electron chi connectivity index (χ1n) is 7.35. The van der Waals surface area contributed by atoms with Gasteiger partial charge >= 0.3 is 0 Å². The number of rotatable bonds is 6. The molecule has 1 atom stereocenters. The van der Waals surface area contributed by atoms with E-state index in [-0.39, 0.29) is 6.10 Å². The first kappa shape index (κ1) is 14.3. The van der Waals surface area contributed by atoms with Crippen LogP contribution in [0.1, 0.15) is 23.4 Å². The summed E-state index contributed by atoms with van der Waals surface area (Å²) in [5.74, 6) is 0. The molecule has 0 amide bonds. The summed E-state index contributed by atoms with van der Waals surface area (Å²) in [4.78, 5) is 1.39. The largest absolute Gasteiger partial charge is 0.393 e. The van der Waals surface area contributed by atoms with Gasteiger partial charge in [0.1, 0.15) is 0 Å². The summed E-state index contributed by atoms with van der Waals surface area (Å²) in [5, 5.41) is 18.1. The van der Waals surface area contributed by atoms with E-state index < -0.39 is 0 Å². The first-order valence-corrected chi connectivity index (χ1v) is 8.23. The fourth-order valence-corrected chi connectivity index (χ4v) is 3.48. The van der Waals surface area contributed by atoms with Crippen molar-refractivity contribution in [1.82, 2.24) is 9.78 Å². The molecule has 3 nitrogen and oxygen atoms in total. The Morgan fingerprint density at radius 2 is 2.10 bits per heavy atom. The molecule has 21 heavy (non-hydrogen) atoms. The number of benzene rings is 1. The van der Waals surface area contributed by atoms with Crippen LogP contribution in [0.4, 0.5) is 0 Å². The molecule has 3 rings (SSSR count). The van der Waals surface area contributed by atoms with Gasteiger partial charge in [0.15, 0.2) is 0 Å². The second kappa shape index (κ2) is 6.41. The monoisotopic (exact) mass is 300 g/mol. The molecular weight excluding hydrogens is 280 g/mol. The van der Waals surface area contributed by atoms with Gasteiger partial charge in [-0.3, -0.25) is 4.68 Å². The number of nitrogens with zero attached hydrogens (tertiary/aromatic N) is 2. The second-order valence-corrected chi connectivity index (χ2v) is 6.45. The van der Waals surface area contributed by atoms with Gasteiger partial charge in [-0.25, -0.2) is 0 Å². The molecule has 0 fully saturated rings. The minimum absolute atomic E-state index is 0.316. The third-order valence-corrected chi connectivity index (χ3v) is 4.74. The van der Waals surface area contributed by atoms with Gasteiger partial charge in [0.2, 0.25) is 0 Å². The fourth-order valence-electron chi connectivity index (χ4n) is 2.73. The molecule has 1 aromatic carbocycles. The lowest BCUT2D eigenvalue weighted by molar-refractivity contribution is 0.161. The fraction of sp³-hybridized carbons (Fsp3) is 0.353. The Morgan fingerprint density at radius 3 is 2.90 bits per heavy atom. The number of para-hydroxylation sites is 1. The number of aryl methyl sites for hydroxylation is 2. The maximum absolute atomic E-state index is 10.3. The molecule has 0 saturated heterocycles. The molecule has 0 aliphatic heterocycles. The predicted molar refractivity (Wildman–Crippen MR) is 87.7 cm³/mol. The first-order chi connectivity index (χ1) is 10.2. The summed E-state index contributed by atoms with van der Waals surface area (Å²) in [5.41, 5.74) is 2.12. The number of aromatic nitrogens is 2. The predicted octanol–water partition coefficient (Wildman–Crippen LogP) is 3.56. The van der Waals surface area contributed by atoms with Crippen molar-refractivity contribution >= 4 is 22.2 Å². The normalized spacial score (nSPS) is 12.9. The average Bonchev–Trinajstić information content (AvgIpc) is 3.09. The van der Waals surface area contributed by atoms with Crippen LogP contribution in [0, 0.1) is 0 Å². The Hall–Kier alpha value is -1.65. The van der Waals surface area contributed by atoms with Crippen molar-refractivity contribution in [1.29, 1.82) is 0 Å². The number of aliphatic hydroxyl groups excluding tert-OH is 1. The van der Waals surface area contributed by atoms with Gasteiger partial charge in [-0.05, 0) is 36.8 Å². The smallest absolute Gasteiger partial charge is 0.0728 e. The quantitative estimate of drug-likeness (QED) is 0.756. The molecule has 0 saturated carbocycles. The summed E-state index contributed by atoms with van der Waals surface area (Å²) in [7, 11) is 1.95. The third kappa shape index (κ3) is 3.34. The van der Waals surface area contributed by atoms with Crippen LogP contribution in [0.15, 0.2) is 41.8 Å². The zero-order valence-electron chi connectivity index (χ0n) is 12.2. The van der Waals surface area contributed by atoms with Crippen LogP contribution in [0.3, 0.4) is 0 Å². The Morgan fingerprint density at radius 1 is 1.24 bits per heavy atom. The van der Waals surface area contributed by atoms with Crippen LogP contribution < -0.4 is 0 Å². The average molecular weight is 300 g/mol. The Labute approximate surface area is 128 Å². The van der Waals surface area contributed by atoms with Crippen molar-refractivity contribution in [3.8, 4) is 0 Å². The van der Waals surface area contributed by atoms with Gasteiger partial charge in [0.25, 0.3) is 0 Å². The van der Waals surface area contributed by atoms with Crippen molar-refractivity contribution in [3.05, 3.63) is 52.3 Å². The van der Waals surface area contributed by atoms with Crippen molar-refractivity contribution in [3.63, 3.8) is 0 Å². The van der Waals surface area contributed by atoms with E-state index in [9.17, 15) is 5.11 Å². The Bertz CT molecular complexity index is 703. The summed E-state index contributed by atoms with van der Waals surface area (Å²) in [6.07, 6.45) is 3.21. The molecule has 110 valence electrons. The second-order valence-electron chi connectivity index (χ2n) is 5.42. The van der Waals surface area contributed by atoms with E-state index in [0.717, 1.165) is 35.9 Å². The number of hydrogen-bond acceptors (Lipinski definition) is 3. The van der Waals surface area contributed by atoms with E-state index in [2.05, 4.69) is 34.7 Å². The molecule has 1 unspecified atom stereocenters.